The van der Waals surface area contributed by atoms with E-state index in [2.05, 4.69) is 51.2 Å². The van der Waals surface area contributed by atoms with Crippen LogP contribution in [0.1, 0.15) is 15.9 Å². The van der Waals surface area contributed by atoms with E-state index in [4.69, 9.17) is 19.8 Å². The molecule has 3 aromatic rings. The van der Waals surface area contributed by atoms with Gasteiger partial charge in [-0.05, 0) is 28.5 Å². The van der Waals surface area contributed by atoms with E-state index in [1.54, 1.807) is 0 Å². The number of piperazine rings is 1. The topological polar surface area (TPSA) is 98.1 Å². The molecule has 2 N–H and O–H groups in total. The van der Waals surface area contributed by atoms with Crippen LogP contribution in [-0.4, -0.2) is 64.0 Å². The summed E-state index contributed by atoms with van der Waals surface area (Å²) in [6.45, 7) is 4.26. The lowest BCUT2D eigenvalue weighted by molar-refractivity contribution is -0.159. The van der Waals surface area contributed by atoms with Gasteiger partial charge in [-0.25, -0.2) is 9.59 Å². The number of rotatable bonds is 3. The zero-order chi connectivity index (χ0) is 23.1. The molecule has 1 aliphatic heterocycles. The van der Waals surface area contributed by atoms with Crippen LogP contribution in [-0.2, 0) is 16.1 Å². The van der Waals surface area contributed by atoms with Gasteiger partial charge in [0.05, 0.1) is 0 Å². The molecule has 1 amide bonds. The van der Waals surface area contributed by atoms with Gasteiger partial charge in [-0.3, -0.25) is 9.69 Å². The summed E-state index contributed by atoms with van der Waals surface area (Å²) in [7, 11) is 0. The predicted molar refractivity (Wildman–Crippen MR) is 125 cm³/mol. The molecular weight excluding hydrogens is 476 g/mol. The minimum atomic E-state index is -1.82. The summed E-state index contributed by atoms with van der Waals surface area (Å²) in [6, 6.07) is 22.4. The molecule has 0 radical (unpaired) electrons. The van der Waals surface area contributed by atoms with Crippen molar-refractivity contribution in [3.63, 3.8) is 0 Å². The Balaban J connectivity index is 0.000000427. The van der Waals surface area contributed by atoms with E-state index >= 15 is 0 Å². The zero-order valence-corrected chi connectivity index (χ0v) is 18.9. The first kappa shape index (κ1) is 23.4. The van der Waals surface area contributed by atoms with Gasteiger partial charge in [0, 0.05) is 42.8 Å². The number of carbonyl (C=O) groups excluding carboxylic acids is 1. The molecule has 4 rings (SSSR count). The van der Waals surface area contributed by atoms with Gasteiger partial charge in [-0.2, -0.15) is 0 Å². The molecule has 0 aliphatic carbocycles. The second-order valence-electron chi connectivity index (χ2n) is 7.30. The highest BCUT2D eigenvalue weighted by Gasteiger charge is 2.23. The van der Waals surface area contributed by atoms with Crippen molar-refractivity contribution in [2.75, 3.05) is 26.2 Å². The van der Waals surface area contributed by atoms with Gasteiger partial charge >= 0.3 is 11.9 Å². The summed E-state index contributed by atoms with van der Waals surface area (Å²) in [6.07, 6.45) is 0. The lowest BCUT2D eigenvalue weighted by atomic mass is 10.0. The first-order chi connectivity index (χ1) is 15.4. The molecule has 0 spiro atoms. The first-order valence-electron chi connectivity index (χ1n) is 10.1. The highest BCUT2D eigenvalue weighted by atomic mass is 79.9. The molecule has 7 nitrogen and oxygen atoms in total. The Bertz CT molecular complexity index is 1110. The number of carboxylic acid groups (broad SMARTS) is 2. The van der Waals surface area contributed by atoms with Crippen molar-refractivity contribution in [3.8, 4) is 0 Å². The molecule has 0 aromatic heterocycles. The maximum Gasteiger partial charge on any atom is 0.414 e. The minimum absolute atomic E-state index is 0.141. The van der Waals surface area contributed by atoms with Gasteiger partial charge in [0.2, 0.25) is 0 Å². The van der Waals surface area contributed by atoms with Crippen molar-refractivity contribution >= 4 is 44.5 Å². The second-order valence-corrected chi connectivity index (χ2v) is 8.15. The number of fused-ring (bicyclic) bond motifs is 1. The maximum absolute atomic E-state index is 13.0. The van der Waals surface area contributed by atoms with Crippen LogP contribution >= 0.6 is 15.9 Å². The van der Waals surface area contributed by atoms with Crippen LogP contribution in [0.4, 0.5) is 0 Å². The van der Waals surface area contributed by atoms with Gasteiger partial charge in [-0.15, -0.1) is 0 Å². The number of hydrogen-bond acceptors (Lipinski definition) is 4. The molecule has 1 heterocycles. The van der Waals surface area contributed by atoms with Gasteiger partial charge in [0.25, 0.3) is 5.91 Å². The minimum Gasteiger partial charge on any atom is -0.473 e. The van der Waals surface area contributed by atoms with Crippen molar-refractivity contribution < 1.29 is 24.6 Å². The Morgan fingerprint density at radius 3 is 2.03 bits per heavy atom. The van der Waals surface area contributed by atoms with E-state index in [1.807, 2.05) is 41.3 Å². The molecule has 0 bridgehead atoms. The molecule has 1 fully saturated rings. The Kier molecular flexibility index (Phi) is 7.97. The number of aliphatic carboxylic acids is 2. The summed E-state index contributed by atoms with van der Waals surface area (Å²) in [5, 5.41) is 16.9. The largest absolute Gasteiger partial charge is 0.473 e. The second kappa shape index (κ2) is 10.9. The fraction of sp³-hybridized carbons (Fsp3) is 0.208. The van der Waals surface area contributed by atoms with E-state index in [1.165, 1.54) is 5.56 Å². The molecule has 0 atom stereocenters. The molecule has 1 saturated heterocycles. The highest BCUT2D eigenvalue weighted by Crippen LogP contribution is 2.22. The Hall–Kier alpha value is -3.23. The van der Waals surface area contributed by atoms with E-state index in [-0.39, 0.29) is 5.91 Å². The number of hydrogen-bond donors (Lipinski definition) is 2. The third kappa shape index (κ3) is 5.93. The fourth-order valence-electron chi connectivity index (χ4n) is 3.56. The molecule has 166 valence electrons. The lowest BCUT2D eigenvalue weighted by Gasteiger charge is -2.35. The first-order valence-corrected chi connectivity index (χ1v) is 10.8. The van der Waals surface area contributed by atoms with Crippen LogP contribution in [0.3, 0.4) is 0 Å². The fourth-order valence-corrected chi connectivity index (χ4v) is 3.97. The van der Waals surface area contributed by atoms with Crippen molar-refractivity contribution in [1.29, 1.82) is 0 Å². The molecule has 8 heteroatoms. The van der Waals surface area contributed by atoms with E-state index < -0.39 is 11.9 Å². The van der Waals surface area contributed by atoms with Crippen LogP contribution in [0.2, 0.25) is 0 Å². The molecule has 0 unspecified atom stereocenters. The van der Waals surface area contributed by atoms with Gasteiger partial charge in [0.15, 0.2) is 0 Å². The van der Waals surface area contributed by atoms with Crippen molar-refractivity contribution in [1.82, 2.24) is 9.80 Å². The predicted octanol–water partition coefficient (Wildman–Crippen LogP) is 3.72. The number of benzene rings is 3. The Morgan fingerprint density at radius 1 is 0.781 bits per heavy atom. The maximum atomic E-state index is 13.0. The highest BCUT2D eigenvalue weighted by molar-refractivity contribution is 9.10. The summed E-state index contributed by atoms with van der Waals surface area (Å²) >= 11 is 3.62. The Labute approximate surface area is 194 Å². The smallest absolute Gasteiger partial charge is 0.414 e. The number of carboxylic acids is 2. The normalized spacial score (nSPS) is 13.8. The van der Waals surface area contributed by atoms with Crippen molar-refractivity contribution in [2.45, 2.75) is 6.54 Å². The van der Waals surface area contributed by atoms with Crippen LogP contribution in [0, 0.1) is 0 Å². The zero-order valence-electron chi connectivity index (χ0n) is 17.3. The number of nitrogens with zero attached hydrogens (tertiary/aromatic N) is 2. The van der Waals surface area contributed by atoms with Gasteiger partial charge in [0.1, 0.15) is 0 Å². The summed E-state index contributed by atoms with van der Waals surface area (Å²) in [5.74, 6) is -3.51. The average molecular weight is 499 g/mol. The SMILES string of the molecule is O=C(O)C(=O)O.O=C(c1cccc2ccccc12)N1CCN(Cc2ccccc2Br)CC1. The molecule has 0 saturated carbocycles. The molecular formula is C24H23BrN2O5. The van der Waals surface area contributed by atoms with Crippen LogP contribution in [0.5, 0.6) is 0 Å². The van der Waals surface area contributed by atoms with Crippen LogP contribution in [0.15, 0.2) is 71.2 Å². The lowest BCUT2D eigenvalue weighted by Crippen LogP contribution is -2.48. The number of carbonyl (C=O) groups is 3. The summed E-state index contributed by atoms with van der Waals surface area (Å²) in [5.41, 5.74) is 2.10. The Morgan fingerprint density at radius 2 is 1.38 bits per heavy atom. The standard InChI is InChI=1S/C22H21BrN2O.C2H2O4/c23-21-11-4-2-7-18(21)16-24-12-14-25(15-13-24)22(26)20-10-5-8-17-6-1-3-9-19(17)20;3-1(4)2(5)6/h1-11H,12-16H2;(H,3,4)(H,5,6). The number of amides is 1. The van der Waals surface area contributed by atoms with Crippen molar-refractivity contribution in [3.05, 3.63) is 82.3 Å². The van der Waals surface area contributed by atoms with Crippen LogP contribution in [0.25, 0.3) is 10.8 Å². The monoisotopic (exact) mass is 498 g/mol. The number of halogens is 1. The quantitative estimate of drug-likeness (QED) is 0.534. The van der Waals surface area contributed by atoms with E-state index in [0.29, 0.717) is 0 Å². The molecule has 1 aliphatic rings. The third-order valence-corrected chi connectivity index (χ3v) is 5.99. The average Bonchev–Trinajstić information content (AvgIpc) is 2.80. The van der Waals surface area contributed by atoms with Gasteiger partial charge in [-0.1, -0.05) is 70.5 Å². The van der Waals surface area contributed by atoms with Crippen LogP contribution < -0.4 is 0 Å². The van der Waals surface area contributed by atoms with E-state index in [9.17, 15) is 4.79 Å². The summed E-state index contributed by atoms with van der Waals surface area (Å²) < 4.78 is 1.15. The third-order valence-electron chi connectivity index (χ3n) is 5.21. The molecule has 3 aromatic carbocycles. The summed E-state index contributed by atoms with van der Waals surface area (Å²) in [4.78, 5) is 35.6. The van der Waals surface area contributed by atoms with E-state index in [0.717, 1.165) is 53.5 Å². The van der Waals surface area contributed by atoms with Gasteiger partial charge < -0.3 is 15.1 Å². The molecule has 32 heavy (non-hydrogen) atoms. The van der Waals surface area contributed by atoms with Crippen molar-refractivity contribution in [2.24, 2.45) is 0 Å².